The summed E-state index contributed by atoms with van der Waals surface area (Å²) in [6.07, 6.45) is -3.27. The monoisotopic (exact) mass is 304 g/mol. The van der Waals surface area contributed by atoms with E-state index in [0.29, 0.717) is 6.07 Å². The third-order valence-electron chi connectivity index (χ3n) is 2.97. The van der Waals surface area contributed by atoms with Crippen LogP contribution in [0.25, 0.3) is 5.70 Å². The highest BCUT2D eigenvalue weighted by atomic mass is 19.4. The number of aromatic nitrogens is 2. The molecule has 1 aliphatic heterocycles. The fourth-order valence-corrected chi connectivity index (χ4v) is 2.00. The molecule has 0 fully saturated rings. The molecular formula is C12H11F3N2O4. The van der Waals surface area contributed by atoms with Crippen molar-refractivity contribution in [2.75, 3.05) is 6.61 Å². The molecule has 21 heavy (non-hydrogen) atoms. The number of fused-ring (bicyclic) bond motifs is 1. The summed E-state index contributed by atoms with van der Waals surface area (Å²) < 4.78 is 43.8. The normalized spacial score (nSPS) is 17.9. The SMILES string of the molecule is CC(=O)OCC1=CCC(C(=O)O)c2cc(C(F)(F)F)nn21. The first-order valence-electron chi connectivity index (χ1n) is 5.93. The Morgan fingerprint density at radius 3 is 2.71 bits per heavy atom. The van der Waals surface area contributed by atoms with Crippen LogP contribution >= 0.6 is 0 Å². The molecule has 0 amide bonds. The fraction of sp³-hybridized carbons (Fsp3) is 0.417. The molecule has 9 heteroatoms. The quantitative estimate of drug-likeness (QED) is 0.862. The van der Waals surface area contributed by atoms with Crippen molar-refractivity contribution >= 4 is 17.6 Å². The van der Waals surface area contributed by atoms with Gasteiger partial charge in [-0.15, -0.1) is 0 Å². The number of carboxylic acids is 1. The average molecular weight is 304 g/mol. The van der Waals surface area contributed by atoms with E-state index < -0.39 is 29.7 Å². The lowest BCUT2D eigenvalue weighted by Gasteiger charge is -2.20. The second kappa shape index (κ2) is 5.23. The molecule has 1 N–H and O–H groups in total. The van der Waals surface area contributed by atoms with E-state index in [9.17, 15) is 22.8 Å². The zero-order chi connectivity index (χ0) is 15.8. The molecule has 0 saturated carbocycles. The van der Waals surface area contributed by atoms with Crippen LogP contribution in [-0.2, 0) is 20.5 Å². The molecule has 2 heterocycles. The lowest BCUT2D eigenvalue weighted by atomic mass is 9.97. The van der Waals surface area contributed by atoms with Gasteiger partial charge in [-0.3, -0.25) is 9.59 Å². The number of hydrogen-bond donors (Lipinski definition) is 1. The van der Waals surface area contributed by atoms with E-state index in [1.165, 1.54) is 6.08 Å². The maximum absolute atomic E-state index is 12.7. The highest BCUT2D eigenvalue weighted by Crippen LogP contribution is 2.35. The lowest BCUT2D eigenvalue weighted by molar-refractivity contribution is -0.142. The maximum Gasteiger partial charge on any atom is 0.435 e. The summed E-state index contributed by atoms with van der Waals surface area (Å²) in [6.45, 7) is 0.891. The Bertz CT molecular complexity index is 619. The van der Waals surface area contributed by atoms with Crippen LogP contribution in [0.2, 0.25) is 0 Å². The summed E-state index contributed by atoms with van der Waals surface area (Å²) in [5.41, 5.74) is -1.06. The van der Waals surface area contributed by atoms with Crippen molar-refractivity contribution in [3.05, 3.63) is 23.5 Å². The Kier molecular flexibility index (Phi) is 3.75. The van der Waals surface area contributed by atoms with Gasteiger partial charge in [-0.2, -0.15) is 18.3 Å². The Morgan fingerprint density at radius 2 is 2.19 bits per heavy atom. The standard InChI is InChI=1S/C12H11F3N2O4/c1-6(18)21-5-7-2-3-8(11(19)20)9-4-10(12(13,14)15)16-17(7)9/h2,4,8H,3,5H2,1H3,(H,19,20). The van der Waals surface area contributed by atoms with Gasteiger partial charge in [0.2, 0.25) is 0 Å². The Hall–Kier alpha value is -2.32. The summed E-state index contributed by atoms with van der Waals surface area (Å²) in [5, 5.41) is 12.4. The summed E-state index contributed by atoms with van der Waals surface area (Å²) >= 11 is 0. The van der Waals surface area contributed by atoms with Crippen molar-refractivity contribution in [3.8, 4) is 0 Å². The third kappa shape index (κ3) is 3.06. The average Bonchev–Trinajstić information content (AvgIpc) is 2.79. The summed E-state index contributed by atoms with van der Waals surface area (Å²) in [7, 11) is 0. The number of aliphatic carboxylic acids is 1. The first-order valence-corrected chi connectivity index (χ1v) is 5.93. The third-order valence-corrected chi connectivity index (χ3v) is 2.97. The number of halogens is 3. The van der Waals surface area contributed by atoms with Gasteiger partial charge in [0.15, 0.2) is 5.69 Å². The topological polar surface area (TPSA) is 81.4 Å². The predicted molar refractivity (Wildman–Crippen MR) is 63.1 cm³/mol. The second-order valence-corrected chi connectivity index (χ2v) is 4.47. The summed E-state index contributed by atoms with van der Waals surface area (Å²) in [6, 6.07) is 0.708. The molecule has 0 bridgehead atoms. The first-order chi connectivity index (χ1) is 9.70. The summed E-state index contributed by atoms with van der Waals surface area (Å²) in [4.78, 5) is 21.9. The fourth-order valence-electron chi connectivity index (χ4n) is 2.00. The number of carbonyl (C=O) groups excluding carboxylic acids is 1. The van der Waals surface area contributed by atoms with Gasteiger partial charge in [0, 0.05) is 6.92 Å². The molecule has 6 nitrogen and oxygen atoms in total. The van der Waals surface area contributed by atoms with Gasteiger partial charge in [0.25, 0.3) is 0 Å². The van der Waals surface area contributed by atoms with Crippen LogP contribution in [0.15, 0.2) is 12.1 Å². The molecule has 1 aliphatic rings. The van der Waals surface area contributed by atoms with Crippen molar-refractivity contribution in [1.82, 2.24) is 9.78 Å². The molecule has 0 radical (unpaired) electrons. The Labute approximate surface area is 116 Å². The molecule has 0 aliphatic carbocycles. The first kappa shape index (κ1) is 15.1. The van der Waals surface area contributed by atoms with E-state index in [2.05, 4.69) is 5.10 Å². The Balaban J connectivity index is 2.41. The van der Waals surface area contributed by atoms with Crippen molar-refractivity contribution in [3.63, 3.8) is 0 Å². The van der Waals surface area contributed by atoms with Gasteiger partial charge in [0.1, 0.15) is 12.5 Å². The number of hydrogen-bond acceptors (Lipinski definition) is 4. The molecule has 0 spiro atoms. The van der Waals surface area contributed by atoms with Gasteiger partial charge in [0.05, 0.1) is 11.4 Å². The summed E-state index contributed by atoms with van der Waals surface area (Å²) in [5.74, 6) is -2.96. The van der Waals surface area contributed by atoms with Gasteiger partial charge in [-0.1, -0.05) is 6.08 Å². The number of nitrogens with zero attached hydrogens (tertiary/aromatic N) is 2. The van der Waals surface area contributed by atoms with E-state index in [1.54, 1.807) is 0 Å². The largest absolute Gasteiger partial charge is 0.481 e. The number of carbonyl (C=O) groups is 2. The molecule has 1 aromatic rings. The van der Waals surface area contributed by atoms with Crippen LogP contribution in [0.3, 0.4) is 0 Å². The van der Waals surface area contributed by atoms with Crippen molar-refractivity contribution in [1.29, 1.82) is 0 Å². The smallest absolute Gasteiger partial charge is 0.435 e. The van der Waals surface area contributed by atoms with Crippen molar-refractivity contribution in [2.24, 2.45) is 0 Å². The van der Waals surface area contributed by atoms with E-state index in [4.69, 9.17) is 9.84 Å². The zero-order valence-electron chi connectivity index (χ0n) is 10.8. The molecular weight excluding hydrogens is 293 g/mol. The second-order valence-electron chi connectivity index (χ2n) is 4.47. The minimum atomic E-state index is -4.68. The van der Waals surface area contributed by atoms with Crippen LogP contribution in [0.5, 0.6) is 0 Å². The number of allylic oxidation sites excluding steroid dienone is 1. The minimum Gasteiger partial charge on any atom is -0.481 e. The van der Waals surface area contributed by atoms with E-state index in [1.807, 2.05) is 0 Å². The molecule has 2 rings (SSSR count). The van der Waals surface area contributed by atoms with Gasteiger partial charge in [-0.05, 0) is 12.5 Å². The molecule has 1 atom stereocenters. The number of carboxylic acid groups (broad SMARTS) is 1. The van der Waals surface area contributed by atoms with Crippen LogP contribution in [0.4, 0.5) is 13.2 Å². The molecule has 0 saturated heterocycles. The highest BCUT2D eigenvalue weighted by Gasteiger charge is 2.38. The van der Waals surface area contributed by atoms with Crippen molar-refractivity contribution < 1.29 is 32.6 Å². The van der Waals surface area contributed by atoms with Crippen LogP contribution in [-0.4, -0.2) is 33.4 Å². The van der Waals surface area contributed by atoms with E-state index in [0.717, 1.165) is 11.6 Å². The van der Waals surface area contributed by atoms with Gasteiger partial charge in [-0.25, -0.2) is 4.68 Å². The minimum absolute atomic E-state index is 0.00885. The van der Waals surface area contributed by atoms with E-state index in [-0.39, 0.29) is 24.4 Å². The molecule has 1 unspecified atom stereocenters. The molecule has 0 aromatic carbocycles. The zero-order valence-corrected chi connectivity index (χ0v) is 10.8. The van der Waals surface area contributed by atoms with Crippen LogP contribution in [0, 0.1) is 0 Å². The predicted octanol–water partition coefficient (Wildman–Crippen LogP) is 1.88. The molecule has 114 valence electrons. The highest BCUT2D eigenvalue weighted by molar-refractivity contribution is 5.78. The Morgan fingerprint density at radius 1 is 1.52 bits per heavy atom. The van der Waals surface area contributed by atoms with Crippen LogP contribution < -0.4 is 0 Å². The van der Waals surface area contributed by atoms with E-state index >= 15 is 0 Å². The van der Waals surface area contributed by atoms with Gasteiger partial charge < -0.3 is 9.84 Å². The van der Waals surface area contributed by atoms with Gasteiger partial charge >= 0.3 is 18.1 Å². The number of ether oxygens (including phenoxy) is 1. The lowest BCUT2D eigenvalue weighted by Crippen LogP contribution is -2.22. The van der Waals surface area contributed by atoms with Crippen LogP contribution in [0.1, 0.15) is 30.7 Å². The van der Waals surface area contributed by atoms with Crippen molar-refractivity contribution in [2.45, 2.75) is 25.4 Å². The molecule has 1 aromatic heterocycles. The number of rotatable bonds is 3. The number of esters is 1. The maximum atomic E-state index is 12.7. The number of alkyl halides is 3.